The zero-order chi connectivity index (χ0) is 30.5. The van der Waals surface area contributed by atoms with Crippen LogP contribution in [0.4, 0.5) is 10.5 Å². The second-order valence-corrected chi connectivity index (χ2v) is 12.3. The molecular formula is C34H36N6O3. The molecule has 43 heavy (non-hydrogen) atoms. The zero-order valence-corrected chi connectivity index (χ0v) is 25.1. The maximum atomic E-state index is 12.7. The van der Waals surface area contributed by atoms with Gasteiger partial charge in [0.2, 0.25) is 5.91 Å². The van der Waals surface area contributed by atoms with Gasteiger partial charge in [0.1, 0.15) is 5.60 Å². The lowest BCUT2D eigenvalue weighted by Crippen LogP contribution is -2.58. The number of anilines is 1. The van der Waals surface area contributed by atoms with Crippen molar-refractivity contribution in [3.63, 3.8) is 0 Å². The van der Waals surface area contributed by atoms with Gasteiger partial charge in [0.05, 0.1) is 6.20 Å². The Labute approximate surface area is 250 Å². The van der Waals surface area contributed by atoms with Crippen LogP contribution in [0, 0.1) is 0 Å². The minimum atomic E-state index is -0.516. The molecule has 9 nitrogen and oxygen atoms in total. The predicted molar refractivity (Wildman–Crippen MR) is 169 cm³/mol. The van der Waals surface area contributed by atoms with Gasteiger partial charge in [-0.05, 0) is 74.7 Å². The topological polar surface area (TPSA) is 106 Å². The highest BCUT2D eigenvalue weighted by Crippen LogP contribution is 2.34. The van der Waals surface area contributed by atoms with Crippen LogP contribution >= 0.6 is 0 Å². The largest absolute Gasteiger partial charge is 0.444 e. The average Bonchev–Trinajstić information content (AvgIpc) is 3.38. The molecule has 3 heterocycles. The monoisotopic (exact) mass is 576 g/mol. The molecule has 0 bridgehead atoms. The van der Waals surface area contributed by atoms with Gasteiger partial charge in [-0.3, -0.25) is 4.79 Å². The van der Waals surface area contributed by atoms with Crippen LogP contribution in [0.5, 0.6) is 0 Å². The van der Waals surface area contributed by atoms with E-state index in [0.717, 1.165) is 44.4 Å². The van der Waals surface area contributed by atoms with Crippen LogP contribution in [-0.4, -0.2) is 62.3 Å². The summed E-state index contributed by atoms with van der Waals surface area (Å²) in [5.41, 5.74) is 11.2. The fraction of sp³-hybridized carbons (Fsp3) is 0.294. The number of nitrogens with two attached hydrogens (primary N) is 1. The van der Waals surface area contributed by atoms with Crippen LogP contribution in [-0.2, 0) is 4.74 Å². The number of hydrogen-bond donors (Lipinski definition) is 1. The normalized spacial score (nSPS) is 17.4. The van der Waals surface area contributed by atoms with E-state index in [4.69, 9.17) is 15.5 Å². The zero-order valence-electron chi connectivity index (χ0n) is 25.1. The molecule has 1 aliphatic heterocycles. The van der Waals surface area contributed by atoms with Gasteiger partial charge < -0.3 is 20.3 Å². The molecule has 0 spiro atoms. The Balaban J connectivity index is 1.24. The third kappa shape index (κ3) is 5.38. The van der Waals surface area contributed by atoms with Crippen molar-refractivity contribution in [2.75, 3.05) is 18.0 Å². The van der Waals surface area contributed by atoms with Gasteiger partial charge in [-0.15, -0.1) is 0 Å². The first-order valence-corrected chi connectivity index (χ1v) is 14.5. The van der Waals surface area contributed by atoms with E-state index in [1.165, 1.54) is 0 Å². The van der Waals surface area contributed by atoms with Crippen LogP contribution in [0.15, 0.2) is 79.3 Å². The molecule has 1 saturated heterocycles. The van der Waals surface area contributed by atoms with Crippen molar-refractivity contribution in [2.45, 2.75) is 52.3 Å². The number of carbonyl (C=O) groups is 2. The molecule has 5 aromatic rings. The first-order valence-electron chi connectivity index (χ1n) is 14.5. The molecule has 9 heteroatoms. The number of aromatic nitrogens is 3. The molecule has 2 amide bonds. The Morgan fingerprint density at radius 3 is 2.19 bits per heavy atom. The SMILES string of the molecule is C[C@@H]1CN(C(=O)OC(C)(C)C)C[C@H](C)N1c1ccc(-c2cnc3c(-c4ccc(C(N)=O)c5ccccc45)cnn3c2)cc1. The van der Waals surface area contributed by atoms with Crippen LogP contribution in [0.3, 0.4) is 0 Å². The summed E-state index contributed by atoms with van der Waals surface area (Å²) in [5, 5.41) is 6.34. The lowest BCUT2D eigenvalue weighted by molar-refractivity contribution is 0.0193. The van der Waals surface area contributed by atoms with Crippen molar-refractivity contribution in [2.24, 2.45) is 5.73 Å². The van der Waals surface area contributed by atoms with Gasteiger partial charge in [-0.2, -0.15) is 5.10 Å². The van der Waals surface area contributed by atoms with Crippen molar-refractivity contribution >= 4 is 34.1 Å². The number of primary amides is 1. The third-order valence-corrected chi connectivity index (χ3v) is 7.91. The standard InChI is InChI=1S/C34H36N6O3/c1-21-18-38(33(42)43-34(3,4)5)19-22(2)40(21)25-12-10-23(11-13-25)24-16-36-32-30(17-37-39(32)20-24)28-14-15-29(31(35)41)27-9-7-6-8-26(27)28/h6-17,20-22H,18-19H2,1-5H3,(H2,35,41)/t21-,22+. The summed E-state index contributed by atoms with van der Waals surface area (Å²) < 4.78 is 7.39. The molecule has 2 atom stereocenters. The van der Waals surface area contributed by atoms with E-state index in [1.807, 2.05) is 63.5 Å². The van der Waals surface area contributed by atoms with Crippen LogP contribution < -0.4 is 10.6 Å². The van der Waals surface area contributed by atoms with Crippen molar-refractivity contribution in [1.82, 2.24) is 19.5 Å². The van der Waals surface area contributed by atoms with Gasteiger partial charge >= 0.3 is 6.09 Å². The van der Waals surface area contributed by atoms with Crippen LogP contribution in [0.1, 0.15) is 45.0 Å². The van der Waals surface area contributed by atoms with Crippen LogP contribution in [0.2, 0.25) is 0 Å². The molecule has 3 aromatic carbocycles. The van der Waals surface area contributed by atoms with E-state index >= 15 is 0 Å². The number of hydrogen-bond acceptors (Lipinski definition) is 6. The highest BCUT2D eigenvalue weighted by atomic mass is 16.6. The third-order valence-electron chi connectivity index (χ3n) is 7.91. The van der Waals surface area contributed by atoms with Gasteiger partial charge in [0.15, 0.2) is 5.65 Å². The number of ether oxygens (including phenoxy) is 1. The fourth-order valence-corrected chi connectivity index (χ4v) is 6.10. The molecular weight excluding hydrogens is 540 g/mol. The smallest absolute Gasteiger partial charge is 0.410 e. The molecule has 220 valence electrons. The minimum Gasteiger partial charge on any atom is -0.444 e. The Morgan fingerprint density at radius 2 is 1.53 bits per heavy atom. The van der Waals surface area contributed by atoms with Crippen LogP contribution in [0.25, 0.3) is 38.7 Å². The summed E-state index contributed by atoms with van der Waals surface area (Å²) in [7, 11) is 0. The van der Waals surface area contributed by atoms with Crippen molar-refractivity contribution in [3.8, 4) is 22.3 Å². The van der Waals surface area contributed by atoms with E-state index < -0.39 is 11.5 Å². The molecule has 0 unspecified atom stereocenters. The first kappa shape index (κ1) is 28.2. The highest BCUT2D eigenvalue weighted by Gasteiger charge is 2.34. The van der Waals surface area contributed by atoms with E-state index in [1.54, 1.807) is 21.7 Å². The second kappa shape index (κ2) is 10.7. The summed E-state index contributed by atoms with van der Waals surface area (Å²) in [6.45, 7) is 11.1. The summed E-state index contributed by atoms with van der Waals surface area (Å²) >= 11 is 0. The van der Waals surface area contributed by atoms with E-state index in [9.17, 15) is 9.59 Å². The molecule has 0 aliphatic carbocycles. The number of fused-ring (bicyclic) bond motifs is 2. The maximum Gasteiger partial charge on any atom is 0.410 e. The number of rotatable bonds is 4. The van der Waals surface area contributed by atoms with E-state index in [-0.39, 0.29) is 18.2 Å². The number of benzene rings is 3. The highest BCUT2D eigenvalue weighted by molar-refractivity contribution is 6.11. The van der Waals surface area contributed by atoms with Crippen molar-refractivity contribution in [1.29, 1.82) is 0 Å². The van der Waals surface area contributed by atoms with Gasteiger partial charge in [-0.25, -0.2) is 14.3 Å². The summed E-state index contributed by atoms with van der Waals surface area (Å²) in [4.78, 5) is 33.6. The van der Waals surface area contributed by atoms with E-state index in [2.05, 4.69) is 48.1 Å². The molecule has 2 N–H and O–H groups in total. The quantitative estimate of drug-likeness (QED) is 0.275. The summed E-state index contributed by atoms with van der Waals surface area (Å²) in [5.74, 6) is -0.455. The van der Waals surface area contributed by atoms with Gasteiger partial charge in [0.25, 0.3) is 0 Å². The summed E-state index contributed by atoms with van der Waals surface area (Å²) in [6, 6.07) is 20.1. The molecule has 6 rings (SSSR count). The lowest BCUT2D eigenvalue weighted by atomic mass is 9.96. The minimum absolute atomic E-state index is 0.135. The van der Waals surface area contributed by atoms with Crippen molar-refractivity contribution < 1.29 is 14.3 Å². The number of nitrogens with zero attached hydrogens (tertiary/aromatic N) is 5. The second-order valence-electron chi connectivity index (χ2n) is 12.3. The fourth-order valence-electron chi connectivity index (χ4n) is 6.10. The molecule has 1 aliphatic rings. The molecule has 2 aromatic heterocycles. The van der Waals surface area contributed by atoms with Gasteiger partial charge in [0, 0.05) is 59.9 Å². The molecule has 1 fully saturated rings. The Kier molecular flexibility index (Phi) is 7.04. The predicted octanol–water partition coefficient (Wildman–Crippen LogP) is 6.15. The summed E-state index contributed by atoms with van der Waals surface area (Å²) in [6.07, 6.45) is 5.38. The number of carbonyl (C=O) groups excluding carboxylic acids is 2. The Hall–Kier alpha value is -4.92. The Bertz CT molecular complexity index is 1830. The Morgan fingerprint density at radius 1 is 0.860 bits per heavy atom. The molecule has 0 saturated carbocycles. The van der Waals surface area contributed by atoms with Gasteiger partial charge in [-0.1, -0.05) is 42.5 Å². The molecule has 0 radical (unpaired) electrons. The number of piperazine rings is 1. The number of amides is 2. The lowest BCUT2D eigenvalue weighted by Gasteiger charge is -2.45. The van der Waals surface area contributed by atoms with E-state index in [0.29, 0.717) is 18.7 Å². The average molecular weight is 577 g/mol. The maximum absolute atomic E-state index is 12.7. The van der Waals surface area contributed by atoms with Crippen molar-refractivity contribution in [3.05, 3.63) is 84.8 Å². The first-order chi connectivity index (χ1) is 20.5.